The number of rotatable bonds is 6. The molecule has 126 valence electrons. The number of nitrogens with one attached hydrogen (secondary N) is 1. The van der Waals surface area contributed by atoms with Gasteiger partial charge in [-0.2, -0.15) is 0 Å². The molecule has 0 fully saturated rings. The van der Waals surface area contributed by atoms with Crippen molar-refractivity contribution in [2.24, 2.45) is 0 Å². The van der Waals surface area contributed by atoms with Crippen molar-refractivity contribution >= 4 is 12.0 Å². The minimum Gasteiger partial charge on any atom is -0.497 e. The molecule has 0 saturated carbocycles. The number of para-hydroxylation sites is 1. The van der Waals surface area contributed by atoms with E-state index in [4.69, 9.17) is 4.74 Å². The lowest BCUT2D eigenvalue weighted by atomic mass is 10.1. The Kier molecular flexibility index (Phi) is 5.26. The third-order valence-corrected chi connectivity index (χ3v) is 3.77. The van der Waals surface area contributed by atoms with Crippen molar-refractivity contribution in [1.82, 2.24) is 14.9 Å². The molecular formula is C20H19N3O2. The molecule has 1 amide bonds. The van der Waals surface area contributed by atoms with Gasteiger partial charge in [0.25, 0.3) is 0 Å². The molecule has 0 aliphatic heterocycles. The molecule has 0 radical (unpaired) electrons. The van der Waals surface area contributed by atoms with Crippen LogP contribution in [0, 0.1) is 0 Å². The van der Waals surface area contributed by atoms with Gasteiger partial charge in [0.1, 0.15) is 5.75 Å². The van der Waals surface area contributed by atoms with Crippen LogP contribution in [0.4, 0.5) is 0 Å². The number of benzene rings is 2. The second-order valence-electron chi connectivity index (χ2n) is 5.42. The largest absolute Gasteiger partial charge is 0.497 e. The van der Waals surface area contributed by atoms with Crippen LogP contribution in [0.15, 0.2) is 73.3 Å². The van der Waals surface area contributed by atoms with E-state index < -0.39 is 0 Å². The molecule has 3 aromatic rings. The Morgan fingerprint density at radius 1 is 1.20 bits per heavy atom. The standard InChI is InChI=1S/C20H19N3O2/c1-25-18-9-6-16(7-10-18)8-11-20(24)22-14-17-4-2-3-5-19(17)23-13-12-21-15-23/h2-13,15H,14H2,1H3,(H,22,24)/b11-8+. The van der Waals surface area contributed by atoms with Crippen LogP contribution in [0.3, 0.4) is 0 Å². The zero-order valence-electron chi connectivity index (χ0n) is 13.9. The Morgan fingerprint density at radius 2 is 2.00 bits per heavy atom. The molecular weight excluding hydrogens is 314 g/mol. The average molecular weight is 333 g/mol. The Morgan fingerprint density at radius 3 is 2.72 bits per heavy atom. The van der Waals surface area contributed by atoms with Crippen LogP contribution in [0.5, 0.6) is 5.75 Å². The van der Waals surface area contributed by atoms with E-state index in [0.717, 1.165) is 22.6 Å². The molecule has 1 aromatic heterocycles. The number of methoxy groups -OCH3 is 1. The van der Waals surface area contributed by atoms with Gasteiger partial charge >= 0.3 is 0 Å². The first kappa shape index (κ1) is 16.5. The third-order valence-electron chi connectivity index (χ3n) is 3.77. The molecule has 0 atom stereocenters. The van der Waals surface area contributed by atoms with Gasteiger partial charge in [-0.25, -0.2) is 4.98 Å². The van der Waals surface area contributed by atoms with E-state index in [1.807, 2.05) is 59.3 Å². The number of carbonyl (C=O) groups excluding carboxylic acids is 1. The van der Waals surface area contributed by atoms with Gasteiger partial charge in [-0.05, 0) is 35.4 Å². The fraction of sp³-hybridized carbons (Fsp3) is 0.100. The molecule has 2 aromatic carbocycles. The van der Waals surface area contributed by atoms with Crippen LogP contribution >= 0.6 is 0 Å². The van der Waals surface area contributed by atoms with Crippen molar-refractivity contribution in [1.29, 1.82) is 0 Å². The van der Waals surface area contributed by atoms with Crippen molar-refractivity contribution in [2.45, 2.75) is 6.54 Å². The first-order valence-corrected chi connectivity index (χ1v) is 7.92. The molecule has 0 saturated heterocycles. The van der Waals surface area contributed by atoms with Crippen LogP contribution in [0.25, 0.3) is 11.8 Å². The Hall–Kier alpha value is -3.34. The molecule has 25 heavy (non-hydrogen) atoms. The van der Waals surface area contributed by atoms with Gasteiger partial charge in [-0.15, -0.1) is 0 Å². The van der Waals surface area contributed by atoms with E-state index >= 15 is 0 Å². The van der Waals surface area contributed by atoms with Crippen LogP contribution in [-0.2, 0) is 11.3 Å². The van der Waals surface area contributed by atoms with Crippen molar-refractivity contribution in [2.75, 3.05) is 7.11 Å². The van der Waals surface area contributed by atoms with Crippen LogP contribution in [-0.4, -0.2) is 22.6 Å². The maximum Gasteiger partial charge on any atom is 0.244 e. The summed E-state index contributed by atoms with van der Waals surface area (Å²) in [6.45, 7) is 0.445. The van der Waals surface area contributed by atoms with Crippen LogP contribution in [0.1, 0.15) is 11.1 Å². The summed E-state index contributed by atoms with van der Waals surface area (Å²) in [6.07, 6.45) is 8.65. The Bertz CT molecular complexity index is 853. The fourth-order valence-electron chi connectivity index (χ4n) is 2.44. The molecule has 0 bridgehead atoms. The van der Waals surface area contributed by atoms with Gasteiger partial charge in [0.05, 0.1) is 19.1 Å². The van der Waals surface area contributed by atoms with Gasteiger partial charge in [-0.1, -0.05) is 30.3 Å². The van der Waals surface area contributed by atoms with E-state index in [2.05, 4.69) is 10.3 Å². The minimum absolute atomic E-state index is 0.142. The summed E-state index contributed by atoms with van der Waals surface area (Å²) in [4.78, 5) is 16.1. The number of amides is 1. The second-order valence-corrected chi connectivity index (χ2v) is 5.42. The number of hydrogen-bond donors (Lipinski definition) is 1. The number of carbonyl (C=O) groups is 1. The van der Waals surface area contributed by atoms with Gasteiger partial charge < -0.3 is 14.6 Å². The van der Waals surface area contributed by atoms with E-state index in [-0.39, 0.29) is 5.91 Å². The van der Waals surface area contributed by atoms with Gasteiger partial charge in [-0.3, -0.25) is 4.79 Å². The fourth-order valence-corrected chi connectivity index (χ4v) is 2.44. The lowest BCUT2D eigenvalue weighted by Gasteiger charge is -2.10. The van der Waals surface area contributed by atoms with Gasteiger partial charge in [0.2, 0.25) is 5.91 Å². The second kappa shape index (κ2) is 7.97. The highest BCUT2D eigenvalue weighted by Gasteiger charge is 2.04. The average Bonchev–Trinajstić information content (AvgIpc) is 3.20. The normalized spacial score (nSPS) is 10.8. The van der Waals surface area contributed by atoms with E-state index in [9.17, 15) is 4.79 Å². The molecule has 0 spiro atoms. The molecule has 0 aliphatic carbocycles. The maximum absolute atomic E-state index is 12.1. The van der Waals surface area contributed by atoms with Gasteiger partial charge in [0, 0.05) is 25.0 Å². The summed E-state index contributed by atoms with van der Waals surface area (Å²) in [5.74, 6) is 0.647. The van der Waals surface area contributed by atoms with Crippen molar-refractivity contribution in [3.8, 4) is 11.4 Å². The molecule has 0 unspecified atom stereocenters. The maximum atomic E-state index is 12.1. The number of aromatic nitrogens is 2. The lowest BCUT2D eigenvalue weighted by Crippen LogP contribution is -2.21. The zero-order chi connectivity index (χ0) is 17.5. The van der Waals surface area contributed by atoms with Crippen molar-refractivity contribution in [3.05, 3.63) is 84.5 Å². The number of ether oxygens (including phenoxy) is 1. The van der Waals surface area contributed by atoms with Gasteiger partial charge in [0.15, 0.2) is 0 Å². The highest BCUT2D eigenvalue weighted by molar-refractivity contribution is 5.91. The summed E-state index contributed by atoms with van der Waals surface area (Å²) in [7, 11) is 1.62. The topological polar surface area (TPSA) is 56.1 Å². The van der Waals surface area contributed by atoms with Crippen LogP contribution < -0.4 is 10.1 Å². The van der Waals surface area contributed by atoms with E-state index in [1.54, 1.807) is 25.7 Å². The number of imidazole rings is 1. The molecule has 1 heterocycles. The van der Waals surface area contributed by atoms with Crippen LogP contribution in [0.2, 0.25) is 0 Å². The molecule has 1 N–H and O–H groups in total. The Balaban J connectivity index is 1.62. The third kappa shape index (κ3) is 4.35. The molecule has 5 heteroatoms. The quantitative estimate of drug-likeness (QED) is 0.705. The molecule has 0 aliphatic rings. The zero-order valence-corrected chi connectivity index (χ0v) is 13.9. The molecule has 3 rings (SSSR count). The predicted molar refractivity (Wildman–Crippen MR) is 97.4 cm³/mol. The summed E-state index contributed by atoms with van der Waals surface area (Å²) in [5, 5.41) is 2.91. The molecule has 5 nitrogen and oxygen atoms in total. The minimum atomic E-state index is -0.142. The Labute approximate surface area is 146 Å². The predicted octanol–water partition coefficient (Wildman–Crippen LogP) is 3.21. The van der Waals surface area contributed by atoms with E-state index in [1.165, 1.54) is 6.08 Å². The van der Waals surface area contributed by atoms with Crippen molar-refractivity contribution in [3.63, 3.8) is 0 Å². The SMILES string of the molecule is COc1ccc(/C=C/C(=O)NCc2ccccc2-n2ccnc2)cc1. The van der Waals surface area contributed by atoms with Crippen molar-refractivity contribution < 1.29 is 9.53 Å². The number of hydrogen-bond acceptors (Lipinski definition) is 3. The first-order valence-electron chi connectivity index (χ1n) is 7.92. The highest BCUT2D eigenvalue weighted by atomic mass is 16.5. The van der Waals surface area contributed by atoms with E-state index in [0.29, 0.717) is 6.54 Å². The lowest BCUT2D eigenvalue weighted by molar-refractivity contribution is -0.116. The summed E-state index contributed by atoms with van der Waals surface area (Å²) >= 11 is 0. The summed E-state index contributed by atoms with van der Waals surface area (Å²) < 4.78 is 7.04. The summed E-state index contributed by atoms with van der Waals surface area (Å²) in [6, 6.07) is 15.4. The first-order chi connectivity index (χ1) is 12.3. The summed E-state index contributed by atoms with van der Waals surface area (Å²) in [5.41, 5.74) is 2.96. The highest BCUT2D eigenvalue weighted by Crippen LogP contribution is 2.14. The monoisotopic (exact) mass is 333 g/mol. The number of nitrogens with zero attached hydrogens (tertiary/aromatic N) is 2. The smallest absolute Gasteiger partial charge is 0.244 e.